The number of hydrogen-bond acceptors (Lipinski definition) is 7. The molecule has 35 heavy (non-hydrogen) atoms. The highest BCUT2D eigenvalue weighted by Gasteiger charge is 2.16. The van der Waals surface area contributed by atoms with Crippen molar-refractivity contribution in [2.45, 2.75) is 19.4 Å². The minimum Gasteiger partial charge on any atom is -0.481 e. The van der Waals surface area contributed by atoms with E-state index in [-0.39, 0.29) is 0 Å². The van der Waals surface area contributed by atoms with Crippen molar-refractivity contribution < 1.29 is 9.84 Å². The summed E-state index contributed by atoms with van der Waals surface area (Å²) in [5, 5.41) is 18.8. The zero-order valence-electron chi connectivity index (χ0n) is 19.9. The average Bonchev–Trinajstić information content (AvgIpc) is 3.35. The molecule has 1 N–H and O–H groups in total. The molecule has 0 spiro atoms. The summed E-state index contributed by atoms with van der Waals surface area (Å²) in [7, 11) is 3.55. The highest BCUT2D eigenvalue weighted by molar-refractivity contribution is 5.91. The van der Waals surface area contributed by atoms with E-state index in [0.717, 1.165) is 27.8 Å². The van der Waals surface area contributed by atoms with Gasteiger partial charge in [0.05, 0.1) is 12.5 Å². The summed E-state index contributed by atoms with van der Waals surface area (Å²) in [4.78, 5) is 11.4. The smallest absolute Gasteiger partial charge is 0.258 e. The predicted octanol–water partition coefficient (Wildman–Crippen LogP) is 4.24. The van der Waals surface area contributed by atoms with Crippen LogP contribution >= 0.6 is 0 Å². The highest BCUT2D eigenvalue weighted by atomic mass is 16.5. The molecule has 0 saturated heterocycles. The van der Waals surface area contributed by atoms with Crippen molar-refractivity contribution in [3.63, 3.8) is 0 Å². The van der Waals surface area contributed by atoms with Crippen molar-refractivity contribution in [2.75, 3.05) is 19.1 Å². The summed E-state index contributed by atoms with van der Waals surface area (Å²) < 4.78 is 7.06. The van der Waals surface area contributed by atoms with Gasteiger partial charge in [0.1, 0.15) is 17.7 Å². The maximum absolute atomic E-state index is 9.82. The average molecular weight is 465 g/mol. The standard InChI is InChI=1S/C27H24N6O2/c1-27(2,34)15-14-18-8-10-19(11-9-18)20-6-5-7-21(16-20)32(3)24-22-12-13-23(35-4)29-25(22)33-17-28-31-26(33)30-24/h5-13,16-17,34H,1-4H3. The van der Waals surface area contributed by atoms with E-state index < -0.39 is 5.60 Å². The van der Waals surface area contributed by atoms with Crippen molar-refractivity contribution >= 4 is 28.3 Å². The van der Waals surface area contributed by atoms with Crippen LogP contribution in [0.3, 0.4) is 0 Å². The molecule has 8 nitrogen and oxygen atoms in total. The van der Waals surface area contributed by atoms with Gasteiger partial charge in [-0.25, -0.2) is 4.40 Å². The first-order chi connectivity index (χ1) is 16.8. The van der Waals surface area contributed by atoms with E-state index >= 15 is 0 Å². The fourth-order valence-electron chi connectivity index (χ4n) is 3.76. The van der Waals surface area contributed by atoms with Gasteiger partial charge in [0.2, 0.25) is 5.88 Å². The van der Waals surface area contributed by atoms with Crippen LogP contribution in [0.2, 0.25) is 0 Å². The molecule has 174 valence electrons. The van der Waals surface area contributed by atoms with Crippen LogP contribution in [0.4, 0.5) is 11.5 Å². The first-order valence-corrected chi connectivity index (χ1v) is 11.1. The molecular formula is C27H24N6O2. The van der Waals surface area contributed by atoms with Gasteiger partial charge in [-0.1, -0.05) is 36.1 Å². The van der Waals surface area contributed by atoms with Crippen LogP contribution in [0.25, 0.3) is 27.9 Å². The zero-order chi connectivity index (χ0) is 24.6. The molecule has 0 bridgehead atoms. The van der Waals surface area contributed by atoms with Gasteiger partial charge in [-0.05, 0) is 55.3 Å². The summed E-state index contributed by atoms with van der Waals surface area (Å²) in [6, 6.07) is 19.9. The number of benzene rings is 2. The second kappa shape index (κ2) is 8.70. The summed E-state index contributed by atoms with van der Waals surface area (Å²) in [5.41, 5.74) is 3.58. The number of aliphatic hydroxyl groups is 1. The van der Waals surface area contributed by atoms with E-state index in [2.05, 4.69) is 39.2 Å². The Morgan fingerprint density at radius 2 is 1.80 bits per heavy atom. The van der Waals surface area contributed by atoms with Crippen LogP contribution in [0.5, 0.6) is 5.88 Å². The Morgan fingerprint density at radius 1 is 1.00 bits per heavy atom. The summed E-state index contributed by atoms with van der Waals surface area (Å²) >= 11 is 0. The molecule has 0 unspecified atom stereocenters. The molecule has 5 aromatic rings. The number of anilines is 2. The molecule has 0 saturated carbocycles. The fourth-order valence-corrected chi connectivity index (χ4v) is 3.76. The maximum Gasteiger partial charge on any atom is 0.258 e. The zero-order valence-corrected chi connectivity index (χ0v) is 19.9. The SMILES string of the molecule is COc1ccc2c(N(C)c3cccc(-c4ccc(C#CC(C)(C)O)cc4)c3)nc3nncn3c2n1. The van der Waals surface area contributed by atoms with Gasteiger partial charge >= 0.3 is 0 Å². The van der Waals surface area contributed by atoms with Crippen molar-refractivity contribution in [2.24, 2.45) is 0 Å². The molecule has 0 amide bonds. The largest absolute Gasteiger partial charge is 0.481 e. The lowest BCUT2D eigenvalue weighted by atomic mass is 10.0. The van der Waals surface area contributed by atoms with E-state index in [0.29, 0.717) is 23.1 Å². The topological polar surface area (TPSA) is 88.7 Å². The summed E-state index contributed by atoms with van der Waals surface area (Å²) in [5.74, 6) is 7.52. The third kappa shape index (κ3) is 4.50. The van der Waals surface area contributed by atoms with E-state index in [1.54, 1.807) is 31.7 Å². The molecule has 0 atom stereocenters. The van der Waals surface area contributed by atoms with E-state index in [4.69, 9.17) is 9.72 Å². The Balaban J connectivity index is 1.53. The van der Waals surface area contributed by atoms with Gasteiger partial charge in [0, 0.05) is 24.4 Å². The number of fused-ring (bicyclic) bond motifs is 3. The molecule has 0 radical (unpaired) electrons. The van der Waals surface area contributed by atoms with Crippen LogP contribution in [-0.2, 0) is 0 Å². The third-order valence-electron chi connectivity index (χ3n) is 5.55. The molecule has 5 rings (SSSR count). The Labute approximate surface area is 202 Å². The van der Waals surface area contributed by atoms with Gasteiger partial charge in [0.15, 0.2) is 5.65 Å². The van der Waals surface area contributed by atoms with Gasteiger partial charge in [-0.3, -0.25) is 0 Å². The van der Waals surface area contributed by atoms with Crippen molar-refractivity contribution in [1.82, 2.24) is 24.6 Å². The van der Waals surface area contributed by atoms with Crippen LogP contribution in [0.15, 0.2) is 67.0 Å². The quantitative estimate of drug-likeness (QED) is 0.398. The Morgan fingerprint density at radius 3 is 2.54 bits per heavy atom. The number of ether oxygens (including phenoxy) is 1. The minimum absolute atomic E-state index is 0.457. The van der Waals surface area contributed by atoms with E-state index in [9.17, 15) is 5.11 Å². The van der Waals surface area contributed by atoms with Crippen LogP contribution in [0.1, 0.15) is 19.4 Å². The Hall–Kier alpha value is -4.48. The summed E-state index contributed by atoms with van der Waals surface area (Å²) in [6.07, 6.45) is 1.59. The number of pyridine rings is 1. The minimum atomic E-state index is -1.02. The maximum atomic E-state index is 9.82. The van der Waals surface area contributed by atoms with Gasteiger partial charge in [-0.2, -0.15) is 9.97 Å². The molecule has 0 aliphatic rings. The second-order valence-electron chi connectivity index (χ2n) is 8.66. The van der Waals surface area contributed by atoms with Crippen molar-refractivity contribution in [3.8, 4) is 28.8 Å². The first-order valence-electron chi connectivity index (χ1n) is 11.1. The molecule has 3 heterocycles. The monoisotopic (exact) mass is 464 g/mol. The predicted molar refractivity (Wildman–Crippen MR) is 136 cm³/mol. The highest BCUT2D eigenvalue weighted by Crippen LogP contribution is 2.32. The lowest BCUT2D eigenvalue weighted by Gasteiger charge is -2.21. The van der Waals surface area contributed by atoms with Gasteiger partial charge < -0.3 is 14.7 Å². The lowest BCUT2D eigenvalue weighted by Crippen LogP contribution is -2.14. The van der Waals surface area contributed by atoms with Crippen LogP contribution in [0, 0.1) is 11.8 Å². The van der Waals surface area contributed by atoms with Crippen LogP contribution < -0.4 is 9.64 Å². The third-order valence-corrected chi connectivity index (χ3v) is 5.55. The second-order valence-corrected chi connectivity index (χ2v) is 8.66. The lowest BCUT2D eigenvalue weighted by molar-refractivity contribution is 0.143. The summed E-state index contributed by atoms with van der Waals surface area (Å²) in [6.45, 7) is 3.34. The molecule has 0 aliphatic heterocycles. The molecule has 2 aromatic carbocycles. The Bertz CT molecular complexity index is 1590. The van der Waals surface area contributed by atoms with Gasteiger partial charge in [-0.15, -0.1) is 10.2 Å². The molecular weight excluding hydrogens is 440 g/mol. The molecule has 3 aromatic heterocycles. The Kier molecular flexibility index (Phi) is 5.55. The van der Waals surface area contributed by atoms with E-state index in [1.807, 2.05) is 60.5 Å². The number of rotatable bonds is 4. The number of methoxy groups -OCH3 is 1. The van der Waals surface area contributed by atoms with E-state index in [1.165, 1.54) is 0 Å². The normalized spacial score (nSPS) is 11.3. The molecule has 0 fully saturated rings. The van der Waals surface area contributed by atoms with Gasteiger partial charge in [0.25, 0.3) is 5.78 Å². The number of hydrogen-bond donors (Lipinski definition) is 1. The van der Waals surface area contributed by atoms with Crippen LogP contribution in [-0.4, -0.2) is 49.4 Å². The van der Waals surface area contributed by atoms with Crippen molar-refractivity contribution in [1.29, 1.82) is 0 Å². The van der Waals surface area contributed by atoms with Crippen molar-refractivity contribution in [3.05, 3.63) is 72.6 Å². The number of aromatic nitrogens is 5. The first kappa shape index (κ1) is 22.3. The number of nitrogens with zero attached hydrogens (tertiary/aromatic N) is 6. The fraction of sp³-hybridized carbons (Fsp3) is 0.185. The molecule has 0 aliphatic carbocycles. The molecule has 8 heteroatoms.